The van der Waals surface area contributed by atoms with E-state index in [0.717, 1.165) is 37.9 Å². The van der Waals surface area contributed by atoms with Crippen LogP contribution in [0.1, 0.15) is 43.7 Å². The molecule has 0 amide bonds. The molecule has 1 aromatic rings. The van der Waals surface area contributed by atoms with E-state index in [1.165, 1.54) is 56.4 Å². The first-order valence-corrected chi connectivity index (χ1v) is 10.0. The van der Waals surface area contributed by atoms with E-state index in [1.807, 2.05) is 7.05 Å². The summed E-state index contributed by atoms with van der Waals surface area (Å²) in [6.07, 6.45) is 6.57. The maximum Gasteiger partial charge on any atom is 0.193 e. The molecule has 138 valence electrons. The van der Waals surface area contributed by atoms with Crippen molar-refractivity contribution >= 4 is 5.96 Å². The van der Waals surface area contributed by atoms with Crippen LogP contribution in [0, 0.1) is 5.92 Å². The van der Waals surface area contributed by atoms with Gasteiger partial charge in [-0.2, -0.15) is 0 Å². The van der Waals surface area contributed by atoms with Crippen LogP contribution in [-0.2, 0) is 13.0 Å². The fraction of sp³-hybridized carbons (Fsp3) is 0.667. The van der Waals surface area contributed by atoms with Crippen molar-refractivity contribution < 1.29 is 0 Å². The summed E-state index contributed by atoms with van der Waals surface area (Å²) in [5.41, 5.74) is 2.81. The normalized spacial score (nSPS) is 22.4. The van der Waals surface area contributed by atoms with Gasteiger partial charge in [0.05, 0.1) is 0 Å². The van der Waals surface area contributed by atoms with E-state index >= 15 is 0 Å². The fourth-order valence-corrected chi connectivity index (χ4v) is 4.26. The van der Waals surface area contributed by atoms with E-state index in [2.05, 4.69) is 51.3 Å². The molecule has 0 spiro atoms. The van der Waals surface area contributed by atoms with Gasteiger partial charge in [-0.15, -0.1) is 0 Å². The summed E-state index contributed by atoms with van der Waals surface area (Å²) in [7, 11) is 1.91. The Morgan fingerprint density at radius 2 is 1.88 bits per heavy atom. The van der Waals surface area contributed by atoms with Gasteiger partial charge in [-0.25, -0.2) is 0 Å². The molecule has 0 aliphatic carbocycles. The van der Waals surface area contributed by atoms with Gasteiger partial charge in [-0.3, -0.25) is 4.99 Å². The second kappa shape index (κ2) is 9.23. The van der Waals surface area contributed by atoms with Gasteiger partial charge in [0.1, 0.15) is 0 Å². The molecule has 0 aromatic heterocycles. The van der Waals surface area contributed by atoms with Crippen molar-refractivity contribution in [1.82, 2.24) is 15.1 Å². The maximum atomic E-state index is 4.54. The van der Waals surface area contributed by atoms with Gasteiger partial charge in [0.15, 0.2) is 5.96 Å². The van der Waals surface area contributed by atoms with Crippen LogP contribution in [0.5, 0.6) is 0 Å². The second-order valence-corrected chi connectivity index (χ2v) is 7.49. The van der Waals surface area contributed by atoms with Gasteiger partial charge in [-0.1, -0.05) is 37.6 Å². The van der Waals surface area contributed by atoms with Crippen LogP contribution in [-0.4, -0.2) is 55.5 Å². The third-order valence-corrected chi connectivity index (χ3v) is 5.70. The zero-order valence-electron chi connectivity index (χ0n) is 16.0. The number of hydrogen-bond donors (Lipinski definition) is 1. The van der Waals surface area contributed by atoms with E-state index < -0.39 is 0 Å². The van der Waals surface area contributed by atoms with Crippen molar-refractivity contribution in [1.29, 1.82) is 0 Å². The van der Waals surface area contributed by atoms with Crippen LogP contribution in [0.4, 0.5) is 0 Å². The molecule has 0 radical (unpaired) electrons. The molecular weight excluding hydrogens is 308 g/mol. The van der Waals surface area contributed by atoms with E-state index in [1.54, 1.807) is 0 Å². The minimum absolute atomic E-state index is 0.791. The first-order chi connectivity index (χ1) is 12.3. The first-order valence-electron chi connectivity index (χ1n) is 10.0. The lowest BCUT2D eigenvalue weighted by Gasteiger charge is -2.29. The molecule has 1 aromatic carbocycles. The zero-order chi connectivity index (χ0) is 17.5. The Hall–Kier alpha value is -1.55. The number of nitrogens with zero attached hydrogens (tertiary/aromatic N) is 3. The molecule has 2 heterocycles. The van der Waals surface area contributed by atoms with Crippen LogP contribution in [0.25, 0.3) is 0 Å². The summed E-state index contributed by atoms with van der Waals surface area (Å²) in [5, 5.41) is 3.59. The molecule has 2 aliphatic heterocycles. The summed E-state index contributed by atoms with van der Waals surface area (Å²) in [6, 6.07) is 8.71. The van der Waals surface area contributed by atoms with E-state index in [9.17, 15) is 0 Å². The molecule has 0 bridgehead atoms. The van der Waals surface area contributed by atoms with Crippen LogP contribution >= 0.6 is 0 Å². The molecule has 1 N–H and O–H groups in total. The number of hydrogen-bond acceptors (Lipinski definition) is 2. The van der Waals surface area contributed by atoms with E-state index in [-0.39, 0.29) is 0 Å². The molecule has 2 aliphatic rings. The standard InChI is InChI=1S/C21H34N4/c1-3-19-9-5-6-10-20(19)15-23-21(22-2)25-14-11-18(17-25)16-24-12-7-4-8-13-24/h5-6,9-10,18H,3-4,7-8,11-17H2,1-2H3,(H,22,23). The highest BCUT2D eigenvalue weighted by Gasteiger charge is 2.26. The van der Waals surface area contributed by atoms with Crippen LogP contribution in [0.15, 0.2) is 29.3 Å². The lowest BCUT2D eigenvalue weighted by Crippen LogP contribution is -2.41. The molecule has 2 saturated heterocycles. The Kier molecular flexibility index (Phi) is 6.74. The number of rotatable bonds is 5. The smallest absolute Gasteiger partial charge is 0.193 e. The molecular formula is C21H34N4. The van der Waals surface area contributed by atoms with Crippen LogP contribution in [0.3, 0.4) is 0 Å². The Morgan fingerprint density at radius 3 is 2.60 bits per heavy atom. The molecule has 0 saturated carbocycles. The monoisotopic (exact) mass is 342 g/mol. The van der Waals surface area contributed by atoms with Gasteiger partial charge in [0.2, 0.25) is 0 Å². The first kappa shape index (κ1) is 18.2. The van der Waals surface area contributed by atoms with Crippen LogP contribution in [0.2, 0.25) is 0 Å². The van der Waals surface area contributed by atoms with E-state index in [0.29, 0.717) is 0 Å². The number of likely N-dealkylation sites (tertiary alicyclic amines) is 2. The quantitative estimate of drug-likeness (QED) is 0.659. The summed E-state index contributed by atoms with van der Waals surface area (Å²) in [4.78, 5) is 9.66. The number of nitrogens with one attached hydrogen (secondary N) is 1. The lowest BCUT2D eigenvalue weighted by atomic mass is 10.1. The highest BCUT2D eigenvalue weighted by molar-refractivity contribution is 5.80. The summed E-state index contributed by atoms with van der Waals surface area (Å²) in [6.45, 7) is 9.24. The van der Waals surface area contributed by atoms with Crippen molar-refractivity contribution in [2.24, 2.45) is 10.9 Å². The largest absolute Gasteiger partial charge is 0.352 e. The zero-order valence-corrected chi connectivity index (χ0v) is 16.0. The SMILES string of the molecule is CCc1ccccc1CNC(=NC)N1CCC(CN2CCCCC2)C1. The number of guanidine groups is 1. The number of aryl methyl sites for hydroxylation is 1. The molecule has 4 heteroatoms. The highest BCUT2D eigenvalue weighted by Crippen LogP contribution is 2.20. The topological polar surface area (TPSA) is 30.9 Å². The number of aliphatic imine (C=N–C) groups is 1. The summed E-state index contributed by atoms with van der Waals surface area (Å²) in [5.74, 6) is 1.85. The maximum absolute atomic E-state index is 4.54. The third kappa shape index (κ3) is 4.97. The number of piperidine rings is 1. The van der Waals surface area contributed by atoms with Crippen molar-refractivity contribution in [3.63, 3.8) is 0 Å². The van der Waals surface area contributed by atoms with Gasteiger partial charge in [0, 0.05) is 33.2 Å². The van der Waals surface area contributed by atoms with Crippen molar-refractivity contribution in [3.05, 3.63) is 35.4 Å². The average molecular weight is 343 g/mol. The predicted octanol–water partition coefficient (Wildman–Crippen LogP) is 3.13. The average Bonchev–Trinajstić information content (AvgIpc) is 3.11. The fourth-order valence-electron chi connectivity index (χ4n) is 4.26. The molecule has 25 heavy (non-hydrogen) atoms. The minimum Gasteiger partial charge on any atom is -0.352 e. The van der Waals surface area contributed by atoms with Crippen molar-refractivity contribution in [2.75, 3.05) is 39.8 Å². The summed E-state index contributed by atoms with van der Waals surface area (Å²) < 4.78 is 0. The van der Waals surface area contributed by atoms with Gasteiger partial charge < -0.3 is 15.1 Å². The van der Waals surface area contributed by atoms with Crippen LogP contribution < -0.4 is 5.32 Å². The number of benzene rings is 1. The molecule has 2 fully saturated rings. The minimum atomic E-state index is 0.791. The molecule has 1 unspecified atom stereocenters. The van der Waals surface area contributed by atoms with Gasteiger partial charge in [0.25, 0.3) is 0 Å². The Labute approximate surface area is 153 Å². The Balaban J connectivity index is 1.50. The highest BCUT2D eigenvalue weighted by atomic mass is 15.3. The third-order valence-electron chi connectivity index (χ3n) is 5.70. The lowest BCUT2D eigenvalue weighted by molar-refractivity contribution is 0.198. The molecule has 4 nitrogen and oxygen atoms in total. The van der Waals surface area contributed by atoms with E-state index in [4.69, 9.17) is 0 Å². The Morgan fingerprint density at radius 1 is 1.12 bits per heavy atom. The predicted molar refractivity (Wildman–Crippen MR) is 106 cm³/mol. The molecule has 3 rings (SSSR count). The van der Waals surface area contributed by atoms with Gasteiger partial charge >= 0.3 is 0 Å². The summed E-state index contributed by atoms with van der Waals surface area (Å²) >= 11 is 0. The van der Waals surface area contributed by atoms with Gasteiger partial charge in [-0.05, 0) is 55.8 Å². The van der Waals surface area contributed by atoms with Crippen molar-refractivity contribution in [3.8, 4) is 0 Å². The van der Waals surface area contributed by atoms with Crippen molar-refractivity contribution in [2.45, 2.75) is 45.6 Å². The molecule has 1 atom stereocenters. The Bertz CT molecular complexity index is 563. The second-order valence-electron chi connectivity index (χ2n) is 7.49.